The molecule has 3 rings (SSSR count). The number of fused-ring (bicyclic) bond motifs is 1. The summed E-state index contributed by atoms with van der Waals surface area (Å²) in [6.07, 6.45) is 13.2. The van der Waals surface area contributed by atoms with Crippen molar-refractivity contribution in [3.8, 4) is 0 Å². The van der Waals surface area contributed by atoms with Crippen LogP contribution in [0.3, 0.4) is 0 Å². The molecular formula is C27H39NO5. The number of allylic oxidation sites excluding steroid dienone is 6. The van der Waals surface area contributed by atoms with Crippen molar-refractivity contribution < 1.29 is 24.9 Å². The van der Waals surface area contributed by atoms with Crippen molar-refractivity contribution in [1.82, 2.24) is 4.90 Å². The monoisotopic (exact) mass is 457 g/mol. The van der Waals surface area contributed by atoms with Gasteiger partial charge in [0.05, 0.1) is 12.7 Å². The number of rotatable bonds is 6. The number of likely N-dealkylation sites (tertiary alicyclic amines) is 1. The van der Waals surface area contributed by atoms with E-state index in [1.807, 2.05) is 31.2 Å². The Bertz CT molecular complexity index is 898. The highest BCUT2D eigenvalue weighted by Crippen LogP contribution is 2.58. The molecular weight excluding hydrogens is 418 g/mol. The van der Waals surface area contributed by atoms with Crippen molar-refractivity contribution in [2.75, 3.05) is 13.7 Å². The van der Waals surface area contributed by atoms with E-state index in [-0.39, 0.29) is 29.1 Å². The molecule has 0 aromatic rings. The Balaban J connectivity index is 2.10. The topological polar surface area (TPSA) is 98.1 Å². The maximum absolute atomic E-state index is 13.0. The van der Waals surface area contributed by atoms with Crippen molar-refractivity contribution in [2.24, 2.45) is 29.1 Å². The third-order valence-corrected chi connectivity index (χ3v) is 8.04. The minimum absolute atomic E-state index is 0.0973. The summed E-state index contributed by atoms with van der Waals surface area (Å²) in [6.45, 7) is 7.56. The maximum atomic E-state index is 13.0. The molecule has 33 heavy (non-hydrogen) atoms. The third-order valence-electron chi connectivity index (χ3n) is 8.04. The Morgan fingerprint density at radius 1 is 1.30 bits per heavy atom. The number of nitrogens with zero attached hydrogens (tertiary/aromatic N) is 1. The molecule has 0 aromatic heterocycles. The molecule has 182 valence electrons. The zero-order chi connectivity index (χ0) is 24.5. The molecule has 1 saturated heterocycles. The molecule has 3 N–H and O–H groups in total. The van der Waals surface area contributed by atoms with Crippen LogP contribution in [0.5, 0.6) is 0 Å². The first-order valence-electron chi connectivity index (χ1n) is 12.1. The van der Waals surface area contributed by atoms with Crippen molar-refractivity contribution >= 4 is 11.7 Å². The predicted octanol–water partition coefficient (Wildman–Crippen LogP) is 3.72. The number of likely N-dealkylation sites (N-methyl/N-ethyl adjacent to an activating group) is 1. The van der Waals surface area contributed by atoms with Crippen LogP contribution in [0, 0.1) is 29.1 Å². The lowest BCUT2D eigenvalue weighted by molar-refractivity contribution is -0.126. The Labute approximate surface area is 197 Å². The molecule has 1 aliphatic heterocycles. The zero-order valence-electron chi connectivity index (χ0n) is 20.5. The van der Waals surface area contributed by atoms with E-state index in [2.05, 4.69) is 19.9 Å². The van der Waals surface area contributed by atoms with Crippen molar-refractivity contribution in [3.63, 3.8) is 0 Å². The molecule has 0 aromatic carbocycles. The molecule has 6 heteroatoms. The minimum atomic E-state index is -0.946. The molecule has 0 radical (unpaired) electrons. The van der Waals surface area contributed by atoms with Crippen LogP contribution in [-0.4, -0.2) is 57.7 Å². The standard InChI is InChI=1S/C27H39NO5/c1-16-11-12-21-19(13-16)14-17(2)20(10-8-6-7-9-18(3)30)27(21,4)25(32)23-24(31)22(15-29)28(5)26(23)33/h6-8,10,14,16,18-22,29-30,32H,9,11-13,15H2,1-5H3/b7-6+,10-8+,25-23?/t16-,18+,19+,20-,21-,22+,27-/m0/s1. The molecule has 0 bridgehead atoms. The zero-order valence-corrected chi connectivity index (χ0v) is 20.5. The van der Waals surface area contributed by atoms with Gasteiger partial charge in [-0.25, -0.2) is 0 Å². The third kappa shape index (κ3) is 4.60. The van der Waals surface area contributed by atoms with Crippen molar-refractivity contribution in [2.45, 2.75) is 65.5 Å². The lowest BCUT2D eigenvalue weighted by Crippen LogP contribution is -2.46. The second-order valence-corrected chi connectivity index (χ2v) is 10.5. The van der Waals surface area contributed by atoms with E-state index in [9.17, 15) is 24.9 Å². The van der Waals surface area contributed by atoms with Gasteiger partial charge in [-0.2, -0.15) is 0 Å². The Kier molecular flexibility index (Phi) is 7.69. The predicted molar refractivity (Wildman–Crippen MR) is 128 cm³/mol. The highest BCUT2D eigenvalue weighted by Gasteiger charge is 2.55. The highest BCUT2D eigenvalue weighted by atomic mass is 16.3. The lowest BCUT2D eigenvalue weighted by atomic mass is 9.52. The van der Waals surface area contributed by atoms with Crippen LogP contribution in [0.1, 0.15) is 53.4 Å². The van der Waals surface area contributed by atoms with Crippen LogP contribution in [0.4, 0.5) is 0 Å². The normalized spacial score (nSPS) is 37.6. The number of carbonyl (C=O) groups is 2. The summed E-state index contributed by atoms with van der Waals surface area (Å²) < 4.78 is 0. The number of Topliss-reactive ketones (excluding diaryl/α,β-unsaturated/α-hetero) is 1. The largest absolute Gasteiger partial charge is 0.511 e. The summed E-state index contributed by atoms with van der Waals surface area (Å²) in [5.41, 5.74) is 0.128. The first-order chi connectivity index (χ1) is 15.5. The van der Waals surface area contributed by atoms with Gasteiger partial charge in [-0.3, -0.25) is 9.59 Å². The second kappa shape index (κ2) is 9.98. The minimum Gasteiger partial charge on any atom is -0.511 e. The van der Waals surface area contributed by atoms with Gasteiger partial charge < -0.3 is 20.2 Å². The molecule has 1 heterocycles. The fourth-order valence-corrected chi connectivity index (χ4v) is 6.16. The summed E-state index contributed by atoms with van der Waals surface area (Å²) in [4.78, 5) is 27.3. The van der Waals surface area contributed by atoms with Gasteiger partial charge in [0.2, 0.25) is 0 Å². The molecule has 0 unspecified atom stereocenters. The summed E-state index contributed by atoms with van der Waals surface area (Å²) in [5.74, 6) is -0.393. The fourth-order valence-electron chi connectivity index (χ4n) is 6.16. The van der Waals surface area contributed by atoms with E-state index < -0.39 is 35.9 Å². The number of aliphatic hydroxyl groups excluding tert-OH is 3. The number of hydrogen-bond acceptors (Lipinski definition) is 5. The average Bonchev–Trinajstić information content (AvgIpc) is 2.96. The number of amides is 1. The van der Waals surface area contributed by atoms with Gasteiger partial charge in [-0.05, 0) is 50.9 Å². The Hall–Kier alpha value is -2.18. The van der Waals surface area contributed by atoms with E-state index in [1.165, 1.54) is 11.9 Å². The molecule has 6 nitrogen and oxygen atoms in total. The van der Waals surface area contributed by atoms with Gasteiger partial charge in [-0.15, -0.1) is 0 Å². The number of carbonyl (C=O) groups excluding carboxylic acids is 2. The van der Waals surface area contributed by atoms with Gasteiger partial charge in [0, 0.05) is 18.4 Å². The van der Waals surface area contributed by atoms with Crippen LogP contribution in [0.2, 0.25) is 0 Å². The first kappa shape index (κ1) is 25.4. The fraction of sp³-hybridized carbons (Fsp3) is 0.630. The number of ketones is 1. The van der Waals surface area contributed by atoms with Crippen LogP contribution in [-0.2, 0) is 9.59 Å². The van der Waals surface area contributed by atoms with Gasteiger partial charge in [0.25, 0.3) is 5.91 Å². The van der Waals surface area contributed by atoms with Crippen molar-refractivity contribution in [3.05, 3.63) is 47.3 Å². The highest BCUT2D eigenvalue weighted by molar-refractivity contribution is 6.26. The van der Waals surface area contributed by atoms with Crippen molar-refractivity contribution in [1.29, 1.82) is 0 Å². The van der Waals surface area contributed by atoms with Crippen LogP contribution in [0.25, 0.3) is 0 Å². The summed E-state index contributed by atoms with van der Waals surface area (Å²) in [6, 6.07) is -0.946. The van der Waals surface area contributed by atoms with Gasteiger partial charge in [0.1, 0.15) is 17.4 Å². The maximum Gasteiger partial charge on any atom is 0.261 e. The second-order valence-electron chi connectivity index (χ2n) is 10.5. The van der Waals surface area contributed by atoms with Gasteiger partial charge >= 0.3 is 0 Å². The lowest BCUT2D eigenvalue weighted by Gasteiger charge is -2.52. The van der Waals surface area contributed by atoms with E-state index >= 15 is 0 Å². The van der Waals surface area contributed by atoms with Gasteiger partial charge in [-0.1, -0.05) is 56.2 Å². The molecule has 7 atom stereocenters. The van der Waals surface area contributed by atoms with Gasteiger partial charge in [0.15, 0.2) is 5.78 Å². The molecule has 3 aliphatic rings. The van der Waals surface area contributed by atoms with E-state index in [4.69, 9.17) is 0 Å². The van der Waals surface area contributed by atoms with E-state index in [0.717, 1.165) is 24.8 Å². The summed E-state index contributed by atoms with van der Waals surface area (Å²) in [5, 5.41) is 30.8. The molecule has 2 fully saturated rings. The van der Waals surface area contributed by atoms with Crippen LogP contribution < -0.4 is 0 Å². The quantitative estimate of drug-likeness (QED) is 0.186. The van der Waals surface area contributed by atoms with E-state index in [1.54, 1.807) is 6.92 Å². The Morgan fingerprint density at radius 3 is 2.61 bits per heavy atom. The molecule has 1 saturated carbocycles. The molecule has 2 aliphatic carbocycles. The molecule has 0 spiro atoms. The summed E-state index contributed by atoms with van der Waals surface area (Å²) >= 11 is 0. The smallest absolute Gasteiger partial charge is 0.261 e. The van der Waals surface area contributed by atoms with E-state index in [0.29, 0.717) is 12.3 Å². The average molecular weight is 458 g/mol. The Morgan fingerprint density at radius 2 is 2.00 bits per heavy atom. The first-order valence-corrected chi connectivity index (χ1v) is 12.1. The number of aliphatic hydroxyl groups is 3. The van der Waals surface area contributed by atoms with Crippen LogP contribution >= 0.6 is 0 Å². The number of hydrogen-bond donors (Lipinski definition) is 3. The summed E-state index contributed by atoms with van der Waals surface area (Å²) in [7, 11) is 1.49. The SMILES string of the molecule is CC1=C[C@H]2C[C@@H](C)CC[C@@H]2[C@@](C)(C(O)=C2C(=O)[C@@H](CO)N(C)C2=O)[C@H]1/C=C/C=C/C[C@@H](C)O. The van der Waals surface area contributed by atoms with Crippen LogP contribution in [0.15, 0.2) is 47.3 Å². The molecule has 1 amide bonds.